The van der Waals surface area contributed by atoms with Gasteiger partial charge in [-0.3, -0.25) is 4.90 Å². The van der Waals surface area contributed by atoms with Gasteiger partial charge >= 0.3 is 0 Å². The number of nitrogens with zero attached hydrogens (tertiary/aromatic N) is 3. The lowest BCUT2D eigenvalue weighted by molar-refractivity contribution is 0.209. The minimum absolute atomic E-state index is 0.0254. The summed E-state index contributed by atoms with van der Waals surface area (Å²) in [6, 6.07) is 29.9. The van der Waals surface area contributed by atoms with Gasteiger partial charge in [0, 0.05) is 37.9 Å². The SMILES string of the molecule is CC(C)N1CCN(c2ccc(C#N)c(NC(c3ccccc3)c3ccccc3)c2)CC1. The molecule has 4 nitrogen and oxygen atoms in total. The maximum Gasteiger partial charge on any atom is 0.101 e. The summed E-state index contributed by atoms with van der Waals surface area (Å²) >= 11 is 0. The molecule has 1 aliphatic rings. The van der Waals surface area contributed by atoms with Crippen molar-refractivity contribution < 1.29 is 0 Å². The Hall–Kier alpha value is -3.29. The summed E-state index contributed by atoms with van der Waals surface area (Å²) in [4.78, 5) is 4.94. The standard InChI is InChI=1S/C27H30N4/c1-21(2)30-15-17-31(18-16-30)25-14-13-24(20-28)26(19-25)29-27(22-9-5-3-6-10-22)23-11-7-4-8-12-23/h3-14,19,21,27,29H,15-18H2,1-2H3. The Morgan fingerprint density at radius 1 is 0.806 bits per heavy atom. The molecule has 0 aliphatic carbocycles. The summed E-state index contributed by atoms with van der Waals surface area (Å²) < 4.78 is 0. The third-order valence-corrected chi connectivity index (χ3v) is 6.10. The third-order valence-electron chi connectivity index (χ3n) is 6.10. The van der Waals surface area contributed by atoms with Crippen LogP contribution in [0.5, 0.6) is 0 Å². The highest BCUT2D eigenvalue weighted by molar-refractivity contribution is 5.67. The first-order valence-electron chi connectivity index (χ1n) is 11.1. The van der Waals surface area contributed by atoms with E-state index in [0.29, 0.717) is 11.6 Å². The quantitative estimate of drug-likeness (QED) is 0.600. The lowest BCUT2D eigenvalue weighted by Crippen LogP contribution is -2.48. The minimum atomic E-state index is -0.0254. The van der Waals surface area contributed by atoms with E-state index in [2.05, 4.69) is 95.7 Å². The van der Waals surface area contributed by atoms with Crippen molar-refractivity contribution in [1.29, 1.82) is 5.26 Å². The Balaban J connectivity index is 1.63. The fourth-order valence-electron chi connectivity index (χ4n) is 4.25. The third kappa shape index (κ3) is 4.90. The number of anilines is 2. The van der Waals surface area contributed by atoms with Crippen molar-refractivity contribution in [2.24, 2.45) is 0 Å². The van der Waals surface area contributed by atoms with Crippen LogP contribution in [0.2, 0.25) is 0 Å². The van der Waals surface area contributed by atoms with Gasteiger partial charge in [0.2, 0.25) is 0 Å². The number of hydrogen-bond acceptors (Lipinski definition) is 4. The molecule has 1 saturated heterocycles. The molecule has 1 fully saturated rings. The Morgan fingerprint density at radius 3 is 1.90 bits per heavy atom. The van der Waals surface area contributed by atoms with Gasteiger partial charge < -0.3 is 10.2 Å². The fraction of sp³-hybridized carbons (Fsp3) is 0.296. The van der Waals surface area contributed by atoms with Gasteiger partial charge in [-0.1, -0.05) is 60.7 Å². The van der Waals surface area contributed by atoms with Crippen molar-refractivity contribution in [2.75, 3.05) is 36.4 Å². The van der Waals surface area contributed by atoms with Crippen molar-refractivity contribution in [2.45, 2.75) is 25.9 Å². The molecule has 0 saturated carbocycles. The predicted molar refractivity (Wildman–Crippen MR) is 128 cm³/mol. The molecule has 3 aromatic carbocycles. The second-order valence-electron chi connectivity index (χ2n) is 8.36. The minimum Gasteiger partial charge on any atom is -0.373 e. The van der Waals surface area contributed by atoms with E-state index in [-0.39, 0.29) is 6.04 Å². The zero-order valence-electron chi connectivity index (χ0n) is 18.3. The largest absolute Gasteiger partial charge is 0.373 e. The fourth-order valence-corrected chi connectivity index (χ4v) is 4.25. The molecular formula is C27H30N4. The van der Waals surface area contributed by atoms with E-state index >= 15 is 0 Å². The van der Waals surface area contributed by atoms with Crippen LogP contribution in [-0.2, 0) is 0 Å². The van der Waals surface area contributed by atoms with Gasteiger partial charge in [-0.2, -0.15) is 5.26 Å². The van der Waals surface area contributed by atoms with Gasteiger partial charge in [0.25, 0.3) is 0 Å². The maximum atomic E-state index is 9.76. The number of hydrogen-bond donors (Lipinski definition) is 1. The number of rotatable bonds is 6. The van der Waals surface area contributed by atoms with Gasteiger partial charge in [-0.05, 0) is 43.2 Å². The van der Waals surface area contributed by atoms with Gasteiger partial charge in [0.15, 0.2) is 0 Å². The van der Waals surface area contributed by atoms with E-state index in [1.165, 1.54) is 16.8 Å². The van der Waals surface area contributed by atoms with E-state index in [4.69, 9.17) is 0 Å². The molecular weight excluding hydrogens is 380 g/mol. The Morgan fingerprint density at radius 2 is 1.39 bits per heavy atom. The predicted octanol–water partition coefficient (Wildman–Crippen LogP) is 5.29. The molecule has 1 heterocycles. The number of nitrogens with one attached hydrogen (secondary N) is 1. The molecule has 0 atom stereocenters. The van der Waals surface area contributed by atoms with E-state index in [0.717, 1.165) is 31.9 Å². The number of nitriles is 1. The Bertz CT molecular complexity index is 977. The van der Waals surface area contributed by atoms with E-state index in [1.807, 2.05) is 18.2 Å². The average Bonchev–Trinajstić information content (AvgIpc) is 2.83. The lowest BCUT2D eigenvalue weighted by Gasteiger charge is -2.38. The molecule has 0 radical (unpaired) electrons. The van der Waals surface area contributed by atoms with Crippen LogP contribution < -0.4 is 10.2 Å². The van der Waals surface area contributed by atoms with Crippen LogP contribution in [0, 0.1) is 11.3 Å². The van der Waals surface area contributed by atoms with Crippen molar-refractivity contribution in [1.82, 2.24) is 4.90 Å². The first-order valence-corrected chi connectivity index (χ1v) is 11.1. The lowest BCUT2D eigenvalue weighted by atomic mass is 9.98. The van der Waals surface area contributed by atoms with E-state index in [9.17, 15) is 5.26 Å². The van der Waals surface area contributed by atoms with Gasteiger partial charge in [-0.25, -0.2) is 0 Å². The molecule has 0 unspecified atom stereocenters. The maximum absolute atomic E-state index is 9.76. The van der Waals surface area contributed by atoms with Crippen molar-refractivity contribution in [3.8, 4) is 6.07 Å². The van der Waals surface area contributed by atoms with Crippen LogP contribution in [0.3, 0.4) is 0 Å². The molecule has 0 amide bonds. The molecule has 4 rings (SSSR count). The van der Waals surface area contributed by atoms with Gasteiger partial charge in [0.1, 0.15) is 6.07 Å². The summed E-state index contributed by atoms with van der Waals surface area (Å²) in [5.74, 6) is 0. The van der Waals surface area contributed by atoms with E-state index < -0.39 is 0 Å². The smallest absolute Gasteiger partial charge is 0.101 e. The highest BCUT2D eigenvalue weighted by Gasteiger charge is 2.21. The molecule has 0 spiro atoms. The average molecular weight is 411 g/mol. The van der Waals surface area contributed by atoms with Crippen LogP contribution in [-0.4, -0.2) is 37.1 Å². The molecule has 1 N–H and O–H groups in total. The summed E-state index contributed by atoms with van der Waals surface area (Å²) in [5.41, 5.74) is 5.07. The molecule has 0 aromatic heterocycles. The zero-order valence-corrected chi connectivity index (χ0v) is 18.3. The first kappa shape index (κ1) is 21.0. The van der Waals surface area contributed by atoms with Gasteiger partial charge in [-0.15, -0.1) is 0 Å². The molecule has 158 valence electrons. The summed E-state index contributed by atoms with van der Waals surface area (Å²) in [6.45, 7) is 8.65. The number of piperazine rings is 1. The highest BCUT2D eigenvalue weighted by Crippen LogP contribution is 2.31. The van der Waals surface area contributed by atoms with Crippen LogP contribution in [0.25, 0.3) is 0 Å². The van der Waals surface area contributed by atoms with Crippen molar-refractivity contribution >= 4 is 11.4 Å². The molecule has 0 bridgehead atoms. The topological polar surface area (TPSA) is 42.3 Å². The summed E-state index contributed by atoms with van der Waals surface area (Å²) in [5, 5.41) is 13.4. The van der Waals surface area contributed by atoms with Crippen LogP contribution >= 0.6 is 0 Å². The monoisotopic (exact) mass is 410 g/mol. The van der Waals surface area contributed by atoms with Crippen LogP contribution in [0.15, 0.2) is 78.9 Å². The Labute approximate surface area is 185 Å². The number of benzene rings is 3. The summed E-state index contributed by atoms with van der Waals surface area (Å²) in [6.07, 6.45) is 0. The highest BCUT2D eigenvalue weighted by atomic mass is 15.3. The van der Waals surface area contributed by atoms with Gasteiger partial charge in [0.05, 0.1) is 17.3 Å². The van der Waals surface area contributed by atoms with Crippen LogP contribution in [0.1, 0.15) is 36.6 Å². The molecule has 31 heavy (non-hydrogen) atoms. The molecule has 4 heteroatoms. The zero-order chi connectivity index (χ0) is 21.6. The normalized spacial score (nSPS) is 14.6. The van der Waals surface area contributed by atoms with Crippen molar-refractivity contribution in [3.05, 3.63) is 95.6 Å². The van der Waals surface area contributed by atoms with Crippen molar-refractivity contribution in [3.63, 3.8) is 0 Å². The van der Waals surface area contributed by atoms with Crippen LogP contribution in [0.4, 0.5) is 11.4 Å². The molecule has 1 aliphatic heterocycles. The molecule has 3 aromatic rings. The van der Waals surface area contributed by atoms with E-state index in [1.54, 1.807) is 0 Å². The Kier molecular flexibility index (Phi) is 6.54. The second-order valence-corrected chi connectivity index (χ2v) is 8.36. The first-order chi connectivity index (χ1) is 15.2. The second kappa shape index (κ2) is 9.68. The summed E-state index contributed by atoms with van der Waals surface area (Å²) in [7, 11) is 0.